The third-order valence-electron chi connectivity index (χ3n) is 5.47. The number of imide groups is 1. The molecule has 0 spiro atoms. The second kappa shape index (κ2) is 8.20. The van der Waals surface area contributed by atoms with Gasteiger partial charge in [0.1, 0.15) is 11.6 Å². The standard InChI is InChI=1S/C23H17ClFN3O4/c24-16-10-17(25)18(28-22(29)14-8-4-5-9-15(14)23(28)30)11-19(16)31-12-20-26-27-21(32-20)13-6-2-1-3-7-13/h1-3,6-7,10-11H,4-5,8-9,12H2. The summed E-state index contributed by atoms with van der Waals surface area (Å²) in [6.07, 6.45) is 2.71. The van der Waals surface area contributed by atoms with E-state index in [9.17, 15) is 14.0 Å². The van der Waals surface area contributed by atoms with Gasteiger partial charge in [-0.05, 0) is 43.9 Å². The molecule has 9 heteroatoms. The van der Waals surface area contributed by atoms with Gasteiger partial charge in [-0.1, -0.05) is 29.8 Å². The first-order chi connectivity index (χ1) is 15.5. The molecule has 0 radical (unpaired) electrons. The Morgan fingerprint density at radius 3 is 2.41 bits per heavy atom. The molecule has 0 atom stereocenters. The van der Waals surface area contributed by atoms with E-state index in [1.165, 1.54) is 6.07 Å². The summed E-state index contributed by atoms with van der Waals surface area (Å²) in [5.41, 5.74) is 1.51. The molecule has 0 bridgehead atoms. The molecule has 2 amide bonds. The van der Waals surface area contributed by atoms with Crippen molar-refractivity contribution in [3.05, 3.63) is 70.3 Å². The molecule has 7 nitrogen and oxygen atoms in total. The average molecular weight is 454 g/mol. The van der Waals surface area contributed by atoms with Gasteiger partial charge in [0.2, 0.25) is 5.89 Å². The smallest absolute Gasteiger partial charge is 0.261 e. The number of amides is 2. The van der Waals surface area contributed by atoms with Crippen molar-refractivity contribution >= 4 is 29.1 Å². The summed E-state index contributed by atoms with van der Waals surface area (Å²) in [7, 11) is 0. The second-order valence-electron chi connectivity index (χ2n) is 7.50. The molecule has 3 aromatic rings. The fourth-order valence-corrected chi connectivity index (χ4v) is 4.11. The number of halogens is 2. The Labute approximate surface area is 187 Å². The van der Waals surface area contributed by atoms with Gasteiger partial charge in [-0.15, -0.1) is 10.2 Å². The van der Waals surface area contributed by atoms with Crippen LogP contribution in [-0.2, 0) is 16.2 Å². The van der Waals surface area contributed by atoms with Crippen molar-refractivity contribution in [2.75, 3.05) is 4.90 Å². The number of anilines is 1. The lowest BCUT2D eigenvalue weighted by molar-refractivity contribution is -0.120. The van der Waals surface area contributed by atoms with Crippen LogP contribution in [0.25, 0.3) is 11.5 Å². The minimum atomic E-state index is -0.784. The predicted molar refractivity (Wildman–Crippen MR) is 113 cm³/mol. The quantitative estimate of drug-likeness (QED) is 0.513. The van der Waals surface area contributed by atoms with Crippen LogP contribution in [0.3, 0.4) is 0 Å². The van der Waals surface area contributed by atoms with Gasteiger partial charge in [0.15, 0.2) is 6.61 Å². The molecule has 2 heterocycles. The number of benzene rings is 2. The van der Waals surface area contributed by atoms with Crippen molar-refractivity contribution in [3.8, 4) is 17.2 Å². The number of carbonyl (C=O) groups excluding carboxylic acids is 2. The van der Waals surface area contributed by atoms with Crippen molar-refractivity contribution in [3.63, 3.8) is 0 Å². The van der Waals surface area contributed by atoms with Crippen LogP contribution in [0.4, 0.5) is 10.1 Å². The highest BCUT2D eigenvalue weighted by atomic mass is 35.5. The molecule has 32 heavy (non-hydrogen) atoms. The molecule has 1 aliphatic carbocycles. The van der Waals surface area contributed by atoms with Crippen molar-refractivity contribution in [2.24, 2.45) is 0 Å². The van der Waals surface area contributed by atoms with E-state index in [1.54, 1.807) is 0 Å². The Kier molecular flexibility index (Phi) is 5.22. The largest absolute Gasteiger partial charge is 0.482 e. The molecular weight excluding hydrogens is 437 g/mol. The molecule has 0 N–H and O–H groups in total. The zero-order valence-electron chi connectivity index (χ0n) is 16.8. The number of nitrogens with zero attached hydrogens (tertiary/aromatic N) is 3. The first-order valence-electron chi connectivity index (χ1n) is 10.1. The van der Waals surface area contributed by atoms with Gasteiger partial charge in [-0.25, -0.2) is 9.29 Å². The van der Waals surface area contributed by atoms with E-state index >= 15 is 0 Å². The molecule has 2 aromatic carbocycles. The van der Waals surface area contributed by atoms with Crippen LogP contribution < -0.4 is 9.64 Å². The van der Waals surface area contributed by atoms with Gasteiger partial charge in [0.25, 0.3) is 17.7 Å². The highest BCUT2D eigenvalue weighted by molar-refractivity contribution is 6.34. The van der Waals surface area contributed by atoms with Crippen molar-refractivity contribution < 1.29 is 23.1 Å². The van der Waals surface area contributed by atoms with E-state index in [0.717, 1.165) is 29.4 Å². The maximum absolute atomic E-state index is 14.7. The van der Waals surface area contributed by atoms with Crippen LogP contribution in [0, 0.1) is 5.82 Å². The third-order valence-corrected chi connectivity index (χ3v) is 5.77. The lowest BCUT2D eigenvalue weighted by atomic mass is 9.93. The van der Waals surface area contributed by atoms with Crippen LogP contribution in [0.5, 0.6) is 5.75 Å². The van der Waals surface area contributed by atoms with E-state index in [1.807, 2.05) is 30.3 Å². The fraction of sp³-hybridized carbons (Fsp3) is 0.217. The summed E-state index contributed by atoms with van der Waals surface area (Å²) in [6.45, 7) is -0.124. The van der Waals surface area contributed by atoms with E-state index in [-0.39, 0.29) is 29.0 Å². The van der Waals surface area contributed by atoms with Crippen LogP contribution >= 0.6 is 11.6 Å². The van der Waals surface area contributed by atoms with Crippen molar-refractivity contribution in [2.45, 2.75) is 32.3 Å². The number of rotatable bonds is 5. The number of carbonyl (C=O) groups is 2. The molecule has 0 unspecified atom stereocenters. The SMILES string of the molecule is O=C1C2=C(CCCC2)C(=O)N1c1cc(OCc2nnc(-c3ccccc3)o2)c(Cl)cc1F. The van der Waals surface area contributed by atoms with Crippen LogP contribution in [0.15, 0.2) is 58.0 Å². The number of hydrogen-bond donors (Lipinski definition) is 0. The van der Waals surface area contributed by atoms with Crippen LogP contribution in [-0.4, -0.2) is 22.0 Å². The Bertz CT molecular complexity index is 1230. The predicted octanol–water partition coefficient (Wildman–Crippen LogP) is 4.85. The van der Waals surface area contributed by atoms with Crippen LogP contribution in [0.2, 0.25) is 5.02 Å². The average Bonchev–Trinajstić information content (AvgIpc) is 3.38. The lowest BCUT2D eigenvalue weighted by Gasteiger charge is -2.18. The minimum Gasteiger partial charge on any atom is -0.482 e. The maximum Gasteiger partial charge on any atom is 0.261 e. The van der Waals surface area contributed by atoms with Crippen molar-refractivity contribution in [1.82, 2.24) is 10.2 Å². The second-order valence-corrected chi connectivity index (χ2v) is 7.91. The van der Waals surface area contributed by atoms with Gasteiger partial charge in [-0.3, -0.25) is 9.59 Å². The zero-order chi connectivity index (χ0) is 22.2. The zero-order valence-corrected chi connectivity index (χ0v) is 17.6. The van der Waals surface area contributed by atoms with Gasteiger partial charge < -0.3 is 9.15 Å². The topological polar surface area (TPSA) is 85.5 Å². The number of hydrogen-bond acceptors (Lipinski definition) is 6. The summed E-state index contributed by atoms with van der Waals surface area (Å²) >= 11 is 6.14. The Hall–Kier alpha value is -3.52. The van der Waals surface area contributed by atoms with Gasteiger partial charge in [0.05, 0.1) is 10.7 Å². The maximum atomic E-state index is 14.7. The molecule has 0 fully saturated rings. The minimum absolute atomic E-state index is 0.00846. The molecular formula is C23H17ClFN3O4. The first-order valence-corrected chi connectivity index (χ1v) is 10.5. The number of aromatic nitrogens is 2. The first kappa shape index (κ1) is 20.4. The normalized spacial score (nSPS) is 16.0. The summed E-state index contributed by atoms with van der Waals surface area (Å²) in [6, 6.07) is 11.5. The van der Waals surface area contributed by atoms with E-state index < -0.39 is 17.6 Å². The van der Waals surface area contributed by atoms with Gasteiger partial charge in [0, 0.05) is 22.8 Å². The molecule has 0 saturated heterocycles. The summed E-state index contributed by atoms with van der Waals surface area (Å²) in [5.74, 6) is -1.14. The van der Waals surface area contributed by atoms with Crippen molar-refractivity contribution in [1.29, 1.82) is 0 Å². The summed E-state index contributed by atoms with van der Waals surface area (Å²) in [4.78, 5) is 26.4. The molecule has 1 aromatic heterocycles. The summed E-state index contributed by atoms with van der Waals surface area (Å²) < 4.78 is 26.0. The molecule has 5 rings (SSSR count). The fourth-order valence-electron chi connectivity index (χ4n) is 3.91. The van der Waals surface area contributed by atoms with Gasteiger partial charge in [-0.2, -0.15) is 0 Å². The Morgan fingerprint density at radius 1 is 1.03 bits per heavy atom. The number of ether oxygens (including phenoxy) is 1. The highest BCUT2D eigenvalue weighted by Crippen LogP contribution is 2.39. The van der Waals surface area contributed by atoms with E-state index in [2.05, 4.69) is 10.2 Å². The monoisotopic (exact) mass is 453 g/mol. The molecule has 1 aliphatic heterocycles. The third kappa shape index (κ3) is 3.56. The molecule has 0 saturated carbocycles. The molecule has 2 aliphatic rings. The molecule has 162 valence electrons. The Balaban J connectivity index is 1.37. The Morgan fingerprint density at radius 2 is 1.72 bits per heavy atom. The lowest BCUT2D eigenvalue weighted by Crippen LogP contribution is -2.32. The van der Waals surface area contributed by atoms with E-state index in [4.69, 9.17) is 20.8 Å². The summed E-state index contributed by atoms with van der Waals surface area (Å²) in [5, 5.41) is 7.92. The van der Waals surface area contributed by atoms with Crippen LogP contribution in [0.1, 0.15) is 31.6 Å². The highest BCUT2D eigenvalue weighted by Gasteiger charge is 2.41. The van der Waals surface area contributed by atoms with E-state index in [0.29, 0.717) is 29.9 Å². The van der Waals surface area contributed by atoms with Gasteiger partial charge >= 0.3 is 0 Å².